The smallest absolute Gasteiger partial charge is 0.305 e. The molecular formula is C33H32N2O4. The predicted molar refractivity (Wildman–Crippen MR) is 153 cm³/mol. The largest absolute Gasteiger partial charge is 0.494 e. The molecule has 1 heterocycles. The van der Waals surface area contributed by atoms with Crippen molar-refractivity contribution in [2.45, 2.75) is 32.3 Å². The Morgan fingerprint density at radius 1 is 0.769 bits per heavy atom. The lowest BCUT2D eigenvalue weighted by Gasteiger charge is -2.13. The first-order valence-corrected chi connectivity index (χ1v) is 13.3. The van der Waals surface area contributed by atoms with Crippen molar-refractivity contribution >= 4 is 17.0 Å². The zero-order valence-electron chi connectivity index (χ0n) is 22.1. The minimum Gasteiger partial charge on any atom is -0.494 e. The van der Waals surface area contributed by atoms with E-state index in [0.29, 0.717) is 19.6 Å². The lowest BCUT2D eigenvalue weighted by atomic mass is 10.2. The van der Waals surface area contributed by atoms with Gasteiger partial charge in [0.25, 0.3) is 0 Å². The number of unbranched alkanes of at least 4 members (excludes halogenated alkanes) is 2. The molecule has 0 aliphatic heterocycles. The van der Waals surface area contributed by atoms with Gasteiger partial charge in [0.2, 0.25) is 0 Å². The maximum atomic E-state index is 11.3. The molecule has 0 radical (unpaired) electrons. The number of nitrogens with zero attached hydrogens (tertiary/aromatic N) is 2. The van der Waals surface area contributed by atoms with Gasteiger partial charge < -0.3 is 14.2 Å². The highest BCUT2D eigenvalue weighted by atomic mass is 16.5. The molecule has 5 aromatic rings. The zero-order valence-corrected chi connectivity index (χ0v) is 22.1. The number of esters is 1. The van der Waals surface area contributed by atoms with E-state index < -0.39 is 0 Å². The number of ether oxygens (including phenoxy) is 3. The summed E-state index contributed by atoms with van der Waals surface area (Å²) in [6.07, 6.45) is 3.01. The van der Waals surface area contributed by atoms with Gasteiger partial charge in [-0.05, 0) is 49.1 Å². The second kappa shape index (κ2) is 12.8. The molecule has 0 amide bonds. The van der Waals surface area contributed by atoms with Crippen LogP contribution < -0.4 is 9.47 Å². The summed E-state index contributed by atoms with van der Waals surface area (Å²) >= 11 is 0. The van der Waals surface area contributed by atoms with Gasteiger partial charge >= 0.3 is 5.97 Å². The number of aromatic nitrogens is 2. The molecule has 0 bridgehead atoms. The average molecular weight is 521 g/mol. The molecule has 0 atom stereocenters. The van der Waals surface area contributed by atoms with Crippen LogP contribution in [0.15, 0.2) is 103 Å². The normalized spacial score (nSPS) is 10.9. The van der Waals surface area contributed by atoms with Crippen LogP contribution in [0.1, 0.15) is 31.2 Å². The quantitative estimate of drug-likeness (QED) is 0.127. The highest BCUT2D eigenvalue weighted by Gasteiger charge is 2.16. The monoisotopic (exact) mass is 520 g/mol. The van der Waals surface area contributed by atoms with Crippen molar-refractivity contribution in [3.8, 4) is 28.6 Å². The van der Waals surface area contributed by atoms with Gasteiger partial charge in [-0.3, -0.25) is 9.36 Å². The summed E-state index contributed by atoms with van der Waals surface area (Å²) in [7, 11) is 1.42. The fraction of sp³-hybridized carbons (Fsp3) is 0.212. The van der Waals surface area contributed by atoms with E-state index in [1.54, 1.807) is 0 Å². The molecule has 6 nitrogen and oxygen atoms in total. The van der Waals surface area contributed by atoms with E-state index in [1.165, 1.54) is 7.11 Å². The van der Waals surface area contributed by atoms with Gasteiger partial charge in [0.05, 0.1) is 30.4 Å². The van der Waals surface area contributed by atoms with E-state index in [0.717, 1.165) is 64.4 Å². The molecule has 4 aromatic carbocycles. The Morgan fingerprint density at radius 3 is 2.33 bits per heavy atom. The SMILES string of the molecule is COC(=O)CCCCCOc1ccc2nc(-c3ccccc3)n(-c3cccc(OCc4ccccc4)c3)c2c1. The molecule has 0 fully saturated rings. The van der Waals surface area contributed by atoms with Crippen molar-refractivity contribution in [2.75, 3.05) is 13.7 Å². The van der Waals surface area contributed by atoms with Crippen molar-refractivity contribution in [1.29, 1.82) is 0 Å². The van der Waals surface area contributed by atoms with Crippen LogP contribution in [-0.2, 0) is 16.1 Å². The van der Waals surface area contributed by atoms with Gasteiger partial charge in [0, 0.05) is 24.1 Å². The summed E-state index contributed by atoms with van der Waals surface area (Å²) in [5, 5.41) is 0. The van der Waals surface area contributed by atoms with Crippen LogP contribution in [-0.4, -0.2) is 29.2 Å². The lowest BCUT2D eigenvalue weighted by molar-refractivity contribution is -0.140. The summed E-state index contributed by atoms with van der Waals surface area (Å²) < 4.78 is 19.1. The molecule has 198 valence electrons. The Morgan fingerprint density at radius 2 is 1.54 bits per heavy atom. The van der Waals surface area contributed by atoms with Crippen molar-refractivity contribution in [3.63, 3.8) is 0 Å². The first kappa shape index (κ1) is 26.0. The third kappa shape index (κ3) is 6.65. The zero-order chi connectivity index (χ0) is 26.9. The van der Waals surface area contributed by atoms with Crippen LogP contribution >= 0.6 is 0 Å². The van der Waals surface area contributed by atoms with Gasteiger partial charge in [0.15, 0.2) is 0 Å². The van der Waals surface area contributed by atoms with Crippen LogP contribution in [0, 0.1) is 0 Å². The summed E-state index contributed by atoms with van der Waals surface area (Å²) in [4.78, 5) is 16.3. The van der Waals surface area contributed by atoms with Crippen LogP contribution in [0.25, 0.3) is 28.1 Å². The van der Waals surface area contributed by atoms with E-state index in [9.17, 15) is 4.79 Å². The molecule has 0 unspecified atom stereocenters. The summed E-state index contributed by atoms with van der Waals surface area (Å²) in [6, 6.07) is 34.4. The standard InChI is InChI=1S/C33H32N2O4/c1-37-32(36)18-9-4-10-21-38-29-19-20-30-31(23-29)35(33(34-30)26-14-7-3-8-15-26)27-16-11-17-28(22-27)39-24-25-12-5-2-6-13-25/h2-3,5-8,11-17,19-20,22-23H,4,9-10,18,21,24H2,1H3. The number of benzene rings is 4. The molecule has 39 heavy (non-hydrogen) atoms. The average Bonchev–Trinajstić information content (AvgIpc) is 3.38. The molecule has 6 heteroatoms. The molecule has 0 spiro atoms. The van der Waals surface area contributed by atoms with E-state index in [-0.39, 0.29) is 5.97 Å². The molecule has 5 rings (SSSR count). The van der Waals surface area contributed by atoms with Crippen molar-refractivity contribution in [3.05, 3.63) is 109 Å². The Bertz CT molecular complexity index is 1510. The second-order valence-corrected chi connectivity index (χ2v) is 9.29. The maximum absolute atomic E-state index is 11.3. The summed E-state index contributed by atoms with van der Waals surface area (Å²) in [5.41, 5.74) is 4.94. The Kier molecular flexibility index (Phi) is 8.54. The molecule has 0 N–H and O–H groups in total. The van der Waals surface area contributed by atoms with Gasteiger partial charge in [-0.2, -0.15) is 0 Å². The number of imidazole rings is 1. The predicted octanol–water partition coefficient (Wildman–Crippen LogP) is 7.38. The lowest BCUT2D eigenvalue weighted by Crippen LogP contribution is -2.02. The van der Waals surface area contributed by atoms with E-state index >= 15 is 0 Å². The molecule has 0 aliphatic rings. The molecular weight excluding hydrogens is 488 g/mol. The number of carbonyl (C=O) groups excluding carboxylic acids is 1. The van der Waals surface area contributed by atoms with Crippen LogP contribution in [0.5, 0.6) is 11.5 Å². The van der Waals surface area contributed by atoms with Crippen molar-refractivity contribution in [1.82, 2.24) is 9.55 Å². The molecule has 0 aliphatic carbocycles. The first-order chi connectivity index (χ1) is 19.2. The minimum atomic E-state index is -0.168. The van der Waals surface area contributed by atoms with Crippen LogP contribution in [0.3, 0.4) is 0 Å². The van der Waals surface area contributed by atoms with E-state index in [1.807, 2.05) is 72.8 Å². The highest BCUT2D eigenvalue weighted by Crippen LogP contribution is 2.32. The van der Waals surface area contributed by atoms with Gasteiger partial charge in [-0.25, -0.2) is 4.98 Å². The Hall–Kier alpha value is -4.58. The third-order valence-corrected chi connectivity index (χ3v) is 6.50. The fourth-order valence-electron chi connectivity index (χ4n) is 4.48. The first-order valence-electron chi connectivity index (χ1n) is 13.3. The number of rotatable bonds is 12. The Labute approximate surface area is 228 Å². The summed E-state index contributed by atoms with van der Waals surface area (Å²) in [6.45, 7) is 1.08. The highest BCUT2D eigenvalue weighted by molar-refractivity contribution is 5.84. The van der Waals surface area contributed by atoms with Crippen molar-refractivity contribution < 1.29 is 19.0 Å². The number of methoxy groups -OCH3 is 1. The second-order valence-electron chi connectivity index (χ2n) is 9.29. The summed E-state index contributed by atoms with van der Waals surface area (Å²) in [5.74, 6) is 2.26. The topological polar surface area (TPSA) is 62.6 Å². The number of hydrogen-bond acceptors (Lipinski definition) is 5. The number of carbonyl (C=O) groups is 1. The fourth-order valence-corrected chi connectivity index (χ4v) is 4.48. The Balaban J connectivity index is 1.40. The van der Waals surface area contributed by atoms with Gasteiger partial charge in [0.1, 0.15) is 23.9 Å². The number of fused-ring (bicyclic) bond motifs is 1. The molecule has 1 aromatic heterocycles. The van der Waals surface area contributed by atoms with E-state index in [4.69, 9.17) is 19.2 Å². The van der Waals surface area contributed by atoms with Gasteiger partial charge in [-0.1, -0.05) is 66.7 Å². The van der Waals surface area contributed by atoms with E-state index in [2.05, 4.69) is 34.9 Å². The maximum Gasteiger partial charge on any atom is 0.305 e. The third-order valence-electron chi connectivity index (χ3n) is 6.50. The van der Waals surface area contributed by atoms with Crippen LogP contribution in [0.4, 0.5) is 0 Å². The molecule has 0 saturated carbocycles. The van der Waals surface area contributed by atoms with Crippen LogP contribution in [0.2, 0.25) is 0 Å². The minimum absolute atomic E-state index is 0.168. The number of hydrogen-bond donors (Lipinski definition) is 0. The molecule has 0 saturated heterocycles. The van der Waals surface area contributed by atoms with Gasteiger partial charge in [-0.15, -0.1) is 0 Å². The van der Waals surface area contributed by atoms with Crippen molar-refractivity contribution in [2.24, 2.45) is 0 Å².